The van der Waals surface area contributed by atoms with Crippen LogP contribution in [0.3, 0.4) is 0 Å². The van der Waals surface area contributed by atoms with E-state index in [0.29, 0.717) is 24.4 Å². The summed E-state index contributed by atoms with van der Waals surface area (Å²) in [4.78, 5) is 11.6. The van der Waals surface area contributed by atoms with Crippen molar-refractivity contribution in [2.24, 2.45) is 0 Å². The lowest BCUT2D eigenvalue weighted by Crippen LogP contribution is -2.30. The summed E-state index contributed by atoms with van der Waals surface area (Å²) < 4.78 is 41.3. The average Bonchev–Trinajstić information content (AvgIpc) is 2.41. The molecule has 0 aliphatic rings. The van der Waals surface area contributed by atoms with E-state index in [-0.39, 0.29) is 31.3 Å². The van der Waals surface area contributed by atoms with E-state index < -0.39 is 12.6 Å². The third-order valence-electron chi connectivity index (χ3n) is 2.68. The molecular weight excluding hydrogens is 321 g/mol. The summed E-state index contributed by atoms with van der Waals surface area (Å²) >= 11 is 0. The van der Waals surface area contributed by atoms with E-state index in [1.165, 1.54) is 0 Å². The Morgan fingerprint density at radius 3 is 2.68 bits per heavy atom. The van der Waals surface area contributed by atoms with Crippen LogP contribution in [-0.2, 0) is 16.0 Å². The molecule has 0 aliphatic carbocycles. The largest absolute Gasteiger partial charge is 0.389 e. The molecule has 4 nitrogen and oxygen atoms in total. The number of ether oxygens (including phenoxy) is 1. The van der Waals surface area contributed by atoms with Crippen LogP contribution >= 0.6 is 12.4 Å². The van der Waals surface area contributed by atoms with Crippen LogP contribution in [0.2, 0.25) is 0 Å². The molecule has 1 rings (SSSR count). The van der Waals surface area contributed by atoms with Crippen LogP contribution in [0.1, 0.15) is 12.0 Å². The number of aryl methyl sites for hydroxylation is 1. The smallest absolute Gasteiger partial charge is 0.383 e. The molecule has 0 unspecified atom stereocenters. The fourth-order valence-electron chi connectivity index (χ4n) is 1.67. The highest BCUT2D eigenvalue weighted by molar-refractivity contribution is 5.92. The van der Waals surface area contributed by atoms with E-state index in [9.17, 15) is 18.0 Å². The van der Waals surface area contributed by atoms with E-state index in [4.69, 9.17) is 4.74 Å². The summed E-state index contributed by atoms with van der Waals surface area (Å²) in [6.45, 7) is 1.17. The molecule has 0 radical (unpaired) electrons. The van der Waals surface area contributed by atoms with Crippen LogP contribution in [0, 0.1) is 0 Å². The Kier molecular flexibility index (Phi) is 9.80. The van der Waals surface area contributed by atoms with Gasteiger partial charge in [-0.3, -0.25) is 4.79 Å². The molecule has 0 aromatic heterocycles. The lowest BCUT2D eigenvalue weighted by atomic mass is 10.1. The quantitative estimate of drug-likeness (QED) is 0.715. The van der Waals surface area contributed by atoms with Crippen LogP contribution in [0.15, 0.2) is 24.3 Å². The molecule has 1 aromatic carbocycles. The molecule has 0 fully saturated rings. The zero-order valence-electron chi connectivity index (χ0n) is 12.2. The Morgan fingerprint density at radius 1 is 1.32 bits per heavy atom. The molecule has 0 saturated carbocycles. The van der Waals surface area contributed by atoms with Crippen molar-refractivity contribution >= 4 is 24.0 Å². The van der Waals surface area contributed by atoms with Gasteiger partial charge in [0, 0.05) is 25.8 Å². The molecule has 0 aliphatic heterocycles. The van der Waals surface area contributed by atoms with Crippen LogP contribution in [0.4, 0.5) is 18.9 Å². The molecular formula is C14H20ClF3N2O2. The predicted octanol–water partition coefficient (Wildman–Crippen LogP) is 2.78. The summed E-state index contributed by atoms with van der Waals surface area (Å²) in [5.74, 6) is -0.251. The van der Waals surface area contributed by atoms with Crippen molar-refractivity contribution in [2.75, 3.05) is 32.1 Å². The summed E-state index contributed by atoms with van der Waals surface area (Å²) in [5, 5.41) is 5.51. The monoisotopic (exact) mass is 340 g/mol. The number of anilines is 1. The van der Waals surface area contributed by atoms with Crippen molar-refractivity contribution in [2.45, 2.75) is 19.0 Å². The van der Waals surface area contributed by atoms with E-state index in [0.717, 1.165) is 0 Å². The fourth-order valence-corrected chi connectivity index (χ4v) is 1.67. The molecule has 0 atom stereocenters. The minimum absolute atomic E-state index is 0. The van der Waals surface area contributed by atoms with Crippen LogP contribution < -0.4 is 10.6 Å². The number of nitrogens with one attached hydrogen (secondary N) is 2. The highest BCUT2D eigenvalue weighted by Gasteiger charge is 2.26. The Morgan fingerprint density at radius 2 is 2.05 bits per heavy atom. The van der Waals surface area contributed by atoms with Gasteiger partial charge in [-0.25, -0.2) is 0 Å². The number of benzene rings is 1. The maximum atomic E-state index is 12.2. The lowest BCUT2D eigenvalue weighted by Gasteiger charge is -2.09. The molecule has 0 bridgehead atoms. The predicted molar refractivity (Wildman–Crippen MR) is 81.4 cm³/mol. The van der Waals surface area contributed by atoms with Gasteiger partial charge in [-0.15, -0.1) is 12.4 Å². The molecule has 1 amide bonds. The third-order valence-corrected chi connectivity index (χ3v) is 2.68. The van der Waals surface area contributed by atoms with Gasteiger partial charge in [-0.1, -0.05) is 12.1 Å². The van der Waals surface area contributed by atoms with Gasteiger partial charge in [-0.05, 0) is 24.1 Å². The highest BCUT2D eigenvalue weighted by atomic mass is 35.5. The standard InChI is InChI=1S/C14H19F3N2O2.ClH/c1-21-8-7-18-10-13(20)19-12-4-2-3-11(9-12)5-6-14(15,16)17;/h2-4,9,18H,5-8,10H2,1H3,(H,19,20);1H. The van der Waals surface area contributed by atoms with Gasteiger partial charge >= 0.3 is 6.18 Å². The number of hydrogen-bond acceptors (Lipinski definition) is 3. The minimum atomic E-state index is -4.18. The second-order valence-corrected chi connectivity index (χ2v) is 4.53. The van der Waals surface area contributed by atoms with Gasteiger partial charge in [0.2, 0.25) is 5.91 Å². The maximum Gasteiger partial charge on any atom is 0.389 e. The van der Waals surface area contributed by atoms with Gasteiger partial charge in [0.25, 0.3) is 0 Å². The van der Waals surface area contributed by atoms with Gasteiger partial charge < -0.3 is 15.4 Å². The maximum absolute atomic E-state index is 12.2. The average molecular weight is 341 g/mol. The topological polar surface area (TPSA) is 50.4 Å². The summed E-state index contributed by atoms with van der Waals surface area (Å²) in [7, 11) is 1.56. The number of carbonyl (C=O) groups is 1. The number of rotatable bonds is 8. The van der Waals surface area contributed by atoms with Gasteiger partial charge in [0.1, 0.15) is 0 Å². The highest BCUT2D eigenvalue weighted by Crippen LogP contribution is 2.23. The molecule has 0 saturated heterocycles. The summed E-state index contributed by atoms with van der Waals surface area (Å²) in [6, 6.07) is 6.43. The number of alkyl halides is 3. The Bertz CT molecular complexity index is 456. The molecule has 0 spiro atoms. The molecule has 0 heterocycles. The Labute approximate surface area is 133 Å². The van der Waals surface area contributed by atoms with Crippen molar-refractivity contribution in [3.05, 3.63) is 29.8 Å². The lowest BCUT2D eigenvalue weighted by molar-refractivity contribution is -0.134. The molecule has 8 heteroatoms. The first-order valence-electron chi connectivity index (χ1n) is 6.56. The third kappa shape index (κ3) is 9.59. The van der Waals surface area contributed by atoms with Crippen molar-refractivity contribution in [1.82, 2.24) is 5.32 Å². The fraction of sp³-hybridized carbons (Fsp3) is 0.500. The van der Waals surface area contributed by atoms with E-state index in [1.54, 1.807) is 31.4 Å². The van der Waals surface area contributed by atoms with Gasteiger partial charge in [0.05, 0.1) is 13.2 Å². The van der Waals surface area contributed by atoms with Crippen molar-refractivity contribution in [1.29, 1.82) is 0 Å². The molecule has 1 aromatic rings. The molecule has 126 valence electrons. The number of halogens is 4. The van der Waals surface area contributed by atoms with Crippen LogP contribution in [-0.4, -0.2) is 38.9 Å². The van der Waals surface area contributed by atoms with Crippen molar-refractivity contribution in [3.8, 4) is 0 Å². The number of carbonyl (C=O) groups excluding carboxylic acids is 1. The first-order chi connectivity index (χ1) is 9.90. The van der Waals surface area contributed by atoms with E-state index in [1.807, 2.05) is 0 Å². The van der Waals surface area contributed by atoms with Crippen LogP contribution in [0.5, 0.6) is 0 Å². The first-order valence-corrected chi connectivity index (χ1v) is 6.56. The normalized spacial score (nSPS) is 10.9. The summed E-state index contributed by atoms with van der Waals surface area (Å²) in [5.41, 5.74) is 1.03. The van der Waals surface area contributed by atoms with Crippen LogP contribution in [0.25, 0.3) is 0 Å². The zero-order chi connectivity index (χ0) is 15.7. The summed E-state index contributed by atoms with van der Waals surface area (Å²) in [6.07, 6.45) is -5.15. The Balaban J connectivity index is 0.00000441. The van der Waals surface area contributed by atoms with Crippen molar-refractivity contribution in [3.63, 3.8) is 0 Å². The first kappa shape index (κ1) is 20.7. The van der Waals surface area contributed by atoms with Crippen molar-refractivity contribution < 1.29 is 22.7 Å². The minimum Gasteiger partial charge on any atom is -0.383 e. The van der Waals surface area contributed by atoms with Gasteiger partial charge in [-0.2, -0.15) is 13.2 Å². The Hall–Kier alpha value is -1.31. The van der Waals surface area contributed by atoms with E-state index in [2.05, 4.69) is 10.6 Å². The SMILES string of the molecule is COCCNCC(=O)Nc1cccc(CCC(F)(F)F)c1.Cl. The molecule has 22 heavy (non-hydrogen) atoms. The second-order valence-electron chi connectivity index (χ2n) is 4.53. The number of hydrogen-bond donors (Lipinski definition) is 2. The van der Waals surface area contributed by atoms with Gasteiger partial charge in [0.15, 0.2) is 0 Å². The molecule has 2 N–H and O–H groups in total. The van der Waals surface area contributed by atoms with E-state index >= 15 is 0 Å². The number of methoxy groups -OCH3 is 1. The second kappa shape index (κ2) is 10.4. The zero-order valence-corrected chi connectivity index (χ0v) is 13.0. The number of amides is 1.